The Morgan fingerprint density at radius 3 is 2.19 bits per heavy atom. The number of hydrogen-bond donors (Lipinski definition) is 4. The van der Waals surface area contributed by atoms with Crippen molar-refractivity contribution in [3.05, 3.63) is 0 Å². The number of Topliss-reactive ketones (excluding diaryl/α,β-unsaturated/α-hetero) is 1. The van der Waals surface area contributed by atoms with E-state index in [1.807, 2.05) is 0 Å². The SMILES string of the molecule is O=C(CO)[C@@H](O)[C@H](O)[C@H](O)COP(=O)([O-])[O-]. The van der Waals surface area contributed by atoms with Crippen LogP contribution in [0, 0.1) is 0 Å². The first-order valence-electron chi connectivity index (χ1n) is 4.03. The standard InChI is InChI=1S/C6H13O9P/c7-1-3(8)5(10)6(11)4(9)2-15-16(12,13)14/h4-7,9-11H,1-2H2,(H2,12,13,14)/p-2/t4-,5-,6-/m1/s1. The second kappa shape index (κ2) is 6.38. The van der Waals surface area contributed by atoms with Gasteiger partial charge in [0.1, 0.15) is 24.9 Å². The summed E-state index contributed by atoms with van der Waals surface area (Å²) < 4.78 is 13.6. The van der Waals surface area contributed by atoms with Crippen molar-refractivity contribution < 1.29 is 44.1 Å². The number of aliphatic hydroxyl groups is 4. The Morgan fingerprint density at radius 2 is 1.81 bits per heavy atom. The molecule has 0 saturated carbocycles. The monoisotopic (exact) mass is 258 g/mol. The molecule has 0 radical (unpaired) electrons. The molecule has 0 heterocycles. The molecule has 0 aromatic rings. The lowest BCUT2D eigenvalue weighted by molar-refractivity contribution is -0.343. The summed E-state index contributed by atoms with van der Waals surface area (Å²) >= 11 is 0. The number of hydrogen-bond acceptors (Lipinski definition) is 9. The first kappa shape index (κ1) is 15.6. The van der Waals surface area contributed by atoms with Crippen molar-refractivity contribution in [3.63, 3.8) is 0 Å². The Kier molecular flexibility index (Phi) is 6.23. The van der Waals surface area contributed by atoms with E-state index in [1.165, 1.54) is 0 Å². The number of carbonyl (C=O) groups is 1. The van der Waals surface area contributed by atoms with Gasteiger partial charge in [-0.1, -0.05) is 0 Å². The fourth-order valence-electron chi connectivity index (χ4n) is 0.761. The zero-order chi connectivity index (χ0) is 12.9. The Labute approximate surface area is 90.2 Å². The van der Waals surface area contributed by atoms with Crippen LogP contribution in [-0.4, -0.2) is 57.7 Å². The zero-order valence-electron chi connectivity index (χ0n) is 7.92. The highest BCUT2D eigenvalue weighted by atomic mass is 31.2. The number of ketones is 1. The summed E-state index contributed by atoms with van der Waals surface area (Å²) in [5.41, 5.74) is 0. The first-order valence-corrected chi connectivity index (χ1v) is 5.49. The number of phosphoric ester groups is 1. The van der Waals surface area contributed by atoms with Crippen molar-refractivity contribution in [2.45, 2.75) is 18.3 Å². The van der Waals surface area contributed by atoms with E-state index in [-0.39, 0.29) is 0 Å². The third-order valence-electron chi connectivity index (χ3n) is 1.61. The summed E-state index contributed by atoms with van der Waals surface area (Å²) in [6, 6.07) is 0. The molecule has 0 aliphatic rings. The Bertz CT molecular complexity index is 273. The third-order valence-corrected chi connectivity index (χ3v) is 2.07. The van der Waals surface area contributed by atoms with Gasteiger partial charge in [0.05, 0.1) is 14.4 Å². The Morgan fingerprint density at radius 1 is 1.31 bits per heavy atom. The average Bonchev–Trinajstić information content (AvgIpc) is 2.21. The van der Waals surface area contributed by atoms with Crippen LogP contribution in [0.25, 0.3) is 0 Å². The largest absolute Gasteiger partial charge is 0.790 e. The lowest BCUT2D eigenvalue weighted by Crippen LogP contribution is -2.45. The molecule has 0 bridgehead atoms. The van der Waals surface area contributed by atoms with E-state index in [2.05, 4.69) is 4.52 Å². The van der Waals surface area contributed by atoms with Gasteiger partial charge in [0.25, 0.3) is 0 Å². The topological polar surface area (TPSA) is 170 Å². The second-order valence-corrected chi connectivity index (χ2v) is 4.02. The van der Waals surface area contributed by atoms with Gasteiger partial charge in [-0.05, 0) is 0 Å². The molecule has 16 heavy (non-hydrogen) atoms. The summed E-state index contributed by atoms with van der Waals surface area (Å²) in [4.78, 5) is 30.7. The maximum Gasteiger partial charge on any atom is 0.189 e. The van der Waals surface area contributed by atoms with Crippen LogP contribution in [0.1, 0.15) is 0 Å². The van der Waals surface area contributed by atoms with Gasteiger partial charge in [-0.15, -0.1) is 0 Å². The highest BCUT2D eigenvalue weighted by Crippen LogP contribution is 2.24. The minimum Gasteiger partial charge on any atom is -0.790 e. The van der Waals surface area contributed by atoms with Crippen molar-refractivity contribution in [3.8, 4) is 0 Å². The van der Waals surface area contributed by atoms with Gasteiger partial charge >= 0.3 is 0 Å². The van der Waals surface area contributed by atoms with Crippen molar-refractivity contribution in [1.29, 1.82) is 0 Å². The highest BCUT2D eigenvalue weighted by molar-refractivity contribution is 7.43. The van der Waals surface area contributed by atoms with E-state index in [9.17, 15) is 19.1 Å². The molecule has 0 aromatic carbocycles. The molecule has 0 aliphatic heterocycles. The smallest absolute Gasteiger partial charge is 0.189 e. The van der Waals surface area contributed by atoms with Crippen molar-refractivity contribution in [2.75, 3.05) is 13.2 Å². The van der Waals surface area contributed by atoms with Gasteiger partial charge in [-0.3, -0.25) is 4.79 Å². The third kappa shape index (κ3) is 5.64. The lowest BCUT2D eigenvalue weighted by Gasteiger charge is -2.31. The molecule has 96 valence electrons. The molecule has 0 saturated heterocycles. The van der Waals surface area contributed by atoms with E-state index in [1.54, 1.807) is 0 Å². The number of rotatable bonds is 7. The van der Waals surface area contributed by atoms with Gasteiger partial charge in [0.2, 0.25) is 0 Å². The second-order valence-electron chi connectivity index (χ2n) is 2.87. The van der Waals surface area contributed by atoms with Crippen LogP contribution in [0.5, 0.6) is 0 Å². The maximum absolute atomic E-state index is 10.7. The number of carbonyl (C=O) groups excluding carboxylic acids is 1. The molecule has 0 aliphatic carbocycles. The molecule has 4 N–H and O–H groups in total. The maximum atomic E-state index is 10.7. The van der Waals surface area contributed by atoms with E-state index < -0.39 is 45.1 Å². The fourth-order valence-corrected chi connectivity index (χ4v) is 1.10. The van der Waals surface area contributed by atoms with E-state index in [0.717, 1.165) is 0 Å². The van der Waals surface area contributed by atoms with E-state index in [4.69, 9.17) is 20.4 Å². The quantitative estimate of drug-likeness (QED) is 0.328. The van der Waals surface area contributed by atoms with Crippen molar-refractivity contribution in [2.24, 2.45) is 0 Å². The lowest BCUT2D eigenvalue weighted by atomic mass is 10.1. The summed E-state index contributed by atoms with van der Waals surface area (Å²) in [6.07, 6.45) is -6.12. The van der Waals surface area contributed by atoms with Gasteiger partial charge in [0.15, 0.2) is 5.78 Å². The normalized spacial score (nSPS) is 17.9. The predicted octanol–water partition coefficient (Wildman–Crippen LogP) is -4.52. The molecule has 3 atom stereocenters. The number of aliphatic hydroxyl groups excluding tert-OH is 4. The number of phosphoric acid groups is 1. The fraction of sp³-hybridized carbons (Fsp3) is 0.833. The summed E-state index contributed by atoms with van der Waals surface area (Å²) in [5, 5.41) is 35.4. The first-order chi connectivity index (χ1) is 7.19. The van der Waals surface area contributed by atoms with Gasteiger partial charge in [-0.2, -0.15) is 0 Å². The molecular formula is C6H11O9P-2. The zero-order valence-corrected chi connectivity index (χ0v) is 8.82. The van der Waals surface area contributed by atoms with Crippen LogP contribution in [0.3, 0.4) is 0 Å². The molecule has 0 amide bonds. The van der Waals surface area contributed by atoms with Crippen LogP contribution in [0.2, 0.25) is 0 Å². The van der Waals surface area contributed by atoms with Crippen LogP contribution in [0.15, 0.2) is 0 Å². The van der Waals surface area contributed by atoms with Crippen LogP contribution >= 0.6 is 7.82 Å². The minimum absolute atomic E-state index is 1.06. The molecule has 10 heteroatoms. The van der Waals surface area contributed by atoms with Crippen LogP contribution in [0.4, 0.5) is 0 Å². The molecule has 0 unspecified atom stereocenters. The highest BCUT2D eigenvalue weighted by Gasteiger charge is 2.29. The molecule has 9 nitrogen and oxygen atoms in total. The molecule has 0 rings (SSSR count). The Balaban J connectivity index is 4.23. The summed E-state index contributed by atoms with van der Waals surface area (Å²) in [7, 11) is -5.31. The molecule has 0 spiro atoms. The predicted molar refractivity (Wildman–Crippen MR) is 43.7 cm³/mol. The van der Waals surface area contributed by atoms with Gasteiger partial charge in [-0.25, -0.2) is 0 Å². The van der Waals surface area contributed by atoms with Gasteiger partial charge in [0, 0.05) is 0 Å². The van der Waals surface area contributed by atoms with Crippen LogP contribution < -0.4 is 9.79 Å². The Hall–Kier alpha value is -0.380. The van der Waals surface area contributed by atoms with Gasteiger partial charge < -0.3 is 39.3 Å². The molecule has 0 aromatic heterocycles. The van der Waals surface area contributed by atoms with E-state index >= 15 is 0 Å². The average molecular weight is 258 g/mol. The molecule has 0 fully saturated rings. The van der Waals surface area contributed by atoms with Crippen molar-refractivity contribution in [1.82, 2.24) is 0 Å². The summed E-state index contributed by atoms with van der Waals surface area (Å²) in [5.74, 6) is -1.17. The summed E-state index contributed by atoms with van der Waals surface area (Å²) in [6.45, 7) is -2.16. The van der Waals surface area contributed by atoms with E-state index in [0.29, 0.717) is 0 Å². The molecular weight excluding hydrogens is 247 g/mol. The van der Waals surface area contributed by atoms with Crippen LogP contribution in [-0.2, 0) is 13.9 Å². The minimum atomic E-state index is -5.31. The van der Waals surface area contributed by atoms with Crippen molar-refractivity contribution >= 4 is 13.6 Å².